The summed E-state index contributed by atoms with van der Waals surface area (Å²) in [5.74, 6) is 0. The van der Waals surface area contributed by atoms with Crippen LogP contribution in [0, 0.1) is 0 Å². The van der Waals surface area contributed by atoms with Crippen molar-refractivity contribution in [3.05, 3.63) is 69.7 Å². The fourth-order valence-corrected chi connectivity index (χ4v) is 4.02. The molecule has 4 atom stereocenters. The normalized spacial score (nSPS) is 22.4. The summed E-state index contributed by atoms with van der Waals surface area (Å²) in [7, 11) is 0. The fourth-order valence-electron chi connectivity index (χ4n) is 3.37. The van der Waals surface area contributed by atoms with Gasteiger partial charge in [-0.15, -0.1) is 0 Å². The van der Waals surface area contributed by atoms with Gasteiger partial charge in [-0.25, -0.2) is 0 Å². The summed E-state index contributed by atoms with van der Waals surface area (Å²) in [6.07, 6.45) is 4.96. The molecule has 2 aromatic rings. The quantitative estimate of drug-likeness (QED) is 0.487. The molecule has 0 saturated carbocycles. The molecule has 0 spiro atoms. The van der Waals surface area contributed by atoms with Gasteiger partial charge in [-0.05, 0) is 74.4 Å². The van der Waals surface area contributed by atoms with Crippen molar-refractivity contribution in [2.45, 2.75) is 62.8 Å². The van der Waals surface area contributed by atoms with Crippen LogP contribution in [0.1, 0.15) is 49.0 Å². The van der Waals surface area contributed by atoms with Crippen LogP contribution in [-0.2, 0) is 15.9 Å². The summed E-state index contributed by atoms with van der Waals surface area (Å²) >= 11 is 16.7. The SMILES string of the molecule is CC(CCc1ccc(Cl)cc1)OC1CCCC(C(S)c2ccc(Cl)cc2)O1. The van der Waals surface area contributed by atoms with Crippen molar-refractivity contribution in [3.8, 4) is 0 Å². The molecule has 5 heteroatoms. The van der Waals surface area contributed by atoms with Crippen molar-refractivity contribution in [1.29, 1.82) is 0 Å². The van der Waals surface area contributed by atoms with Crippen molar-refractivity contribution in [3.63, 3.8) is 0 Å². The number of halogens is 2. The molecule has 1 aliphatic heterocycles. The van der Waals surface area contributed by atoms with E-state index in [9.17, 15) is 0 Å². The summed E-state index contributed by atoms with van der Waals surface area (Å²) < 4.78 is 12.4. The predicted molar refractivity (Wildman–Crippen MR) is 116 cm³/mol. The monoisotopic (exact) mass is 424 g/mol. The van der Waals surface area contributed by atoms with Crippen LogP contribution in [-0.4, -0.2) is 18.5 Å². The lowest BCUT2D eigenvalue weighted by Gasteiger charge is -2.34. The Kier molecular flexibility index (Phi) is 7.92. The number of benzene rings is 2. The summed E-state index contributed by atoms with van der Waals surface area (Å²) in [5, 5.41) is 1.53. The van der Waals surface area contributed by atoms with E-state index in [1.54, 1.807) is 0 Å². The van der Waals surface area contributed by atoms with Crippen LogP contribution in [0.25, 0.3) is 0 Å². The Morgan fingerprint density at radius 3 is 2.33 bits per heavy atom. The van der Waals surface area contributed by atoms with Crippen molar-refractivity contribution in [2.24, 2.45) is 0 Å². The first-order valence-corrected chi connectivity index (χ1v) is 10.8. The molecule has 3 rings (SSSR count). The second kappa shape index (κ2) is 10.2. The highest BCUT2D eigenvalue weighted by atomic mass is 35.5. The van der Waals surface area contributed by atoms with E-state index in [1.165, 1.54) is 5.56 Å². The van der Waals surface area contributed by atoms with Crippen LogP contribution < -0.4 is 0 Å². The first kappa shape index (κ1) is 21.0. The van der Waals surface area contributed by atoms with Crippen LogP contribution in [0.2, 0.25) is 10.0 Å². The topological polar surface area (TPSA) is 18.5 Å². The van der Waals surface area contributed by atoms with Gasteiger partial charge in [-0.1, -0.05) is 47.5 Å². The third-order valence-corrected chi connectivity index (χ3v) is 6.09. The maximum atomic E-state index is 6.22. The van der Waals surface area contributed by atoms with Crippen molar-refractivity contribution in [1.82, 2.24) is 0 Å². The average Bonchev–Trinajstić information content (AvgIpc) is 2.68. The Morgan fingerprint density at radius 2 is 1.67 bits per heavy atom. The van der Waals surface area contributed by atoms with Gasteiger partial charge in [0, 0.05) is 10.0 Å². The minimum atomic E-state index is -0.161. The largest absolute Gasteiger partial charge is 0.350 e. The molecule has 146 valence electrons. The number of aryl methyl sites for hydroxylation is 1. The molecule has 0 aromatic heterocycles. The standard InChI is InChI=1S/C22H26Cl2O2S/c1-15(5-6-16-7-11-18(23)12-8-16)25-21-4-2-3-20(26-21)22(27)17-9-13-19(24)14-10-17/h7-15,20-22,27H,2-6H2,1H3. The van der Waals surface area contributed by atoms with E-state index in [2.05, 4.69) is 19.1 Å². The van der Waals surface area contributed by atoms with Crippen LogP contribution in [0.3, 0.4) is 0 Å². The Bertz CT molecular complexity index is 705. The molecule has 1 saturated heterocycles. The molecular weight excluding hydrogens is 399 g/mol. The lowest BCUT2D eigenvalue weighted by atomic mass is 10.00. The zero-order chi connectivity index (χ0) is 19.2. The molecule has 27 heavy (non-hydrogen) atoms. The molecule has 0 N–H and O–H groups in total. The predicted octanol–water partition coefficient (Wildman–Crippen LogP) is 6.90. The lowest BCUT2D eigenvalue weighted by Crippen LogP contribution is -2.34. The summed E-state index contributed by atoms with van der Waals surface area (Å²) in [4.78, 5) is 0. The van der Waals surface area contributed by atoms with Gasteiger partial charge in [-0.2, -0.15) is 12.6 Å². The highest BCUT2D eigenvalue weighted by molar-refractivity contribution is 7.80. The number of rotatable bonds is 7. The van der Waals surface area contributed by atoms with E-state index in [1.807, 2.05) is 36.4 Å². The molecule has 4 unspecified atom stereocenters. The molecule has 1 heterocycles. The molecule has 0 bridgehead atoms. The van der Waals surface area contributed by atoms with Gasteiger partial charge in [0.2, 0.25) is 0 Å². The third-order valence-electron chi connectivity index (χ3n) is 4.96. The molecule has 0 amide bonds. The number of hydrogen-bond donors (Lipinski definition) is 1. The van der Waals surface area contributed by atoms with Gasteiger partial charge in [-0.3, -0.25) is 0 Å². The Morgan fingerprint density at radius 1 is 1.04 bits per heavy atom. The highest BCUT2D eigenvalue weighted by Gasteiger charge is 2.29. The van der Waals surface area contributed by atoms with Crippen LogP contribution in [0.4, 0.5) is 0 Å². The Balaban J connectivity index is 1.48. The minimum absolute atomic E-state index is 0.0260. The summed E-state index contributed by atoms with van der Waals surface area (Å²) in [6, 6.07) is 15.8. The lowest BCUT2D eigenvalue weighted by molar-refractivity contribution is -0.212. The maximum Gasteiger partial charge on any atom is 0.158 e. The molecule has 1 fully saturated rings. The zero-order valence-electron chi connectivity index (χ0n) is 15.5. The zero-order valence-corrected chi connectivity index (χ0v) is 17.9. The van der Waals surface area contributed by atoms with Crippen molar-refractivity contribution >= 4 is 35.8 Å². The number of thiol groups is 1. The fraction of sp³-hybridized carbons (Fsp3) is 0.455. The molecule has 0 radical (unpaired) electrons. The summed E-state index contributed by atoms with van der Waals surface area (Å²) in [5.41, 5.74) is 2.40. The maximum absolute atomic E-state index is 6.22. The number of ether oxygens (including phenoxy) is 2. The Hall–Kier alpha value is -0.710. The first-order chi connectivity index (χ1) is 13.0. The van der Waals surface area contributed by atoms with Gasteiger partial charge in [0.25, 0.3) is 0 Å². The Labute approximate surface area is 177 Å². The van der Waals surface area contributed by atoms with E-state index >= 15 is 0 Å². The van der Waals surface area contributed by atoms with E-state index in [0.29, 0.717) is 0 Å². The van der Waals surface area contributed by atoms with Crippen LogP contribution in [0.15, 0.2) is 48.5 Å². The van der Waals surface area contributed by atoms with E-state index in [0.717, 1.165) is 47.7 Å². The van der Waals surface area contributed by atoms with Gasteiger partial charge in [0.15, 0.2) is 6.29 Å². The molecule has 2 aromatic carbocycles. The molecular formula is C22H26Cl2O2S. The average molecular weight is 425 g/mol. The van der Waals surface area contributed by atoms with E-state index < -0.39 is 0 Å². The van der Waals surface area contributed by atoms with Crippen LogP contribution in [0.5, 0.6) is 0 Å². The van der Waals surface area contributed by atoms with Gasteiger partial charge in [0.05, 0.1) is 17.5 Å². The summed E-state index contributed by atoms with van der Waals surface area (Å²) in [6.45, 7) is 2.11. The highest BCUT2D eigenvalue weighted by Crippen LogP contribution is 2.34. The van der Waals surface area contributed by atoms with Gasteiger partial charge in [0.1, 0.15) is 0 Å². The van der Waals surface area contributed by atoms with Gasteiger partial charge >= 0.3 is 0 Å². The molecule has 2 nitrogen and oxygen atoms in total. The second-order valence-electron chi connectivity index (χ2n) is 7.14. The first-order valence-electron chi connectivity index (χ1n) is 9.50. The number of hydrogen-bond acceptors (Lipinski definition) is 3. The van der Waals surface area contributed by atoms with Crippen molar-refractivity contribution < 1.29 is 9.47 Å². The van der Waals surface area contributed by atoms with E-state index in [4.69, 9.17) is 45.3 Å². The van der Waals surface area contributed by atoms with Crippen molar-refractivity contribution in [2.75, 3.05) is 0 Å². The van der Waals surface area contributed by atoms with E-state index in [-0.39, 0.29) is 23.7 Å². The van der Waals surface area contributed by atoms with Gasteiger partial charge < -0.3 is 9.47 Å². The molecule has 0 aliphatic carbocycles. The van der Waals surface area contributed by atoms with Crippen LogP contribution >= 0.6 is 35.8 Å². The smallest absolute Gasteiger partial charge is 0.158 e. The molecule has 1 aliphatic rings. The minimum Gasteiger partial charge on any atom is -0.350 e. The third kappa shape index (κ3) is 6.40. The second-order valence-corrected chi connectivity index (χ2v) is 8.57.